The number of piperidine rings is 1. The van der Waals surface area contributed by atoms with E-state index < -0.39 is 5.97 Å². The molecule has 0 aromatic carbocycles. The van der Waals surface area contributed by atoms with Crippen LogP contribution in [0, 0.1) is 5.92 Å². The van der Waals surface area contributed by atoms with Crippen molar-refractivity contribution in [2.45, 2.75) is 135 Å². The molecule has 1 saturated heterocycles. The van der Waals surface area contributed by atoms with Gasteiger partial charge in [0.25, 0.3) is 0 Å². The van der Waals surface area contributed by atoms with Crippen molar-refractivity contribution in [3.8, 4) is 0 Å². The third kappa shape index (κ3) is 14.0. The standard InChI is InChI=1S/C25H48N2O3/c1-24(2)19-21(20-25(3,4)27-24)15-13-11-9-7-5-6-8-10-12-14-18-26-22(28)16-17-23(29)30/h21,27H,5-20H2,1-4H3,(H,26,28)(H,29,30). The van der Waals surface area contributed by atoms with Crippen molar-refractivity contribution in [3.05, 3.63) is 0 Å². The Morgan fingerprint density at radius 1 is 0.800 bits per heavy atom. The van der Waals surface area contributed by atoms with Gasteiger partial charge in [-0.2, -0.15) is 0 Å². The van der Waals surface area contributed by atoms with Crippen LogP contribution in [0.4, 0.5) is 0 Å². The molecule has 5 heteroatoms. The number of carboxylic acid groups (broad SMARTS) is 1. The lowest BCUT2D eigenvalue weighted by atomic mass is 9.74. The zero-order chi connectivity index (χ0) is 22.5. The van der Waals surface area contributed by atoms with E-state index in [4.69, 9.17) is 5.11 Å². The molecule has 0 aromatic heterocycles. The maximum atomic E-state index is 11.4. The number of carbonyl (C=O) groups is 2. The van der Waals surface area contributed by atoms with E-state index in [1.54, 1.807) is 0 Å². The van der Waals surface area contributed by atoms with E-state index in [2.05, 4.69) is 38.3 Å². The highest BCUT2D eigenvalue weighted by Crippen LogP contribution is 2.35. The van der Waals surface area contributed by atoms with Gasteiger partial charge >= 0.3 is 5.97 Å². The van der Waals surface area contributed by atoms with E-state index in [1.165, 1.54) is 70.6 Å². The second-order valence-corrected chi connectivity index (χ2v) is 10.7. The lowest BCUT2D eigenvalue weighted by Gasteiger charge is -2.46. The Morgan fingerprint density at radius 2 is 1.27 bits per heavy atom. The Morgan fingerprint density at radius 3 is 1.77 bits per heavy atom. The number of amides is 1. The third-order valence-corrected chi connectivity index (χ3v) is 6.20. The fourth-order valence-corrected chi connectivity index (χ4v) is 5.25. The summed E-state index contributed by atoms with van der Waals surface area (Å²) in [5.41, 5.74) is 0.552. The maximum absolute atomic E-state index is 11.4. The molecular formula is C25H48N2O3. The van der Waals surface area contributed by atoms with Crippen LogP contribution < -0.4 is 10.6 Å². The van der Waals surface area contributed by atoms with Gasteiger partial charge in [0.2, 0.25) is 5.91 Å². The van der Waals surface area contributed by atoms with Gasteiger partial charge in [-0.05, 0) is 52.9 Å². The van der Waals surface area contributed by atoms with Crippen molar-refractivity contribution >= 4 is 11.9 Å². The summed E-state index contributed by atoms with van der Waals surface area (Å²) in [7, 11) is 0. The highest BCUT2D eigenvalue weighted by Gasteiger charge is 2.36. The van der Waals surface area contributed by atoms with E-state index in [-0.39, 0.29) is 29.8 Å². The molecule has 1 fully saturated rings. The van der Waals surface area contributed by atoms with E-state index >= 15 is 0 Å². The minimum absolute atomic E-state index is 0.0831. The average molecular weight is 425 g/mol. The van der Waals surface area contributed by atoms with Crippen LogP contribution in [0.15, 0.2) is 0 Å². The molecule has 0 radical (unpaired) electrons. The number of nitrogens with one attached hydrogen (secondary N) is 2. The summed E-state index contributed by atoms with van der Waals surface area (Å²) in [4.78, 5) is 21.8. The smallest absolute Gasteiger partial charge is 0.303 e. The van der Waals surface area contributed by atoms with Crippen molar-refractivity contribution in [3.63, 3.8) is 0 Å². The topological polar surface area (TPSA) is 78.4 Å². The van der Waals surface area contributed by atoms with Gasteiger partial charge in [-0.1, -0.05) is 64.2 Å². The first-order valence-corrected chi connectivity index (χ1v) is 12.4. The SMILES string of the molecule is CC1(C)CC(CCCCCCCCCCCCNC(=O)CCC(=O)O)CC(C)(C)N1. The highest BCUT2D eigenvalue weighted by atomic mass is 16.4. The summed E-state index contributed by atoms with van der Waals surface area (Å²) in [6, 6.07) is 0. The summed E-state index contributed by atoms with van der Waals surface area (Å²) in [5.74, 6) is -0.191. The molecule has 0 bridgehead atoms. The van der Waals surface area contributed by atoms with E-state index in [9.17, 15) is 9.59 Å². The largest absolute Gasteiger partial charge is 0.481 e. The lowest BCUT2D eigenvalue weighted by molar-refractivity contribution is -0.138. The van der Waals surface area contributed by atoms with Crippen molar-refractivity contribution in [1.82, 2.24) is 10.6 Å². The molecule has 1 aliphatic rings. The zero-order valence-corrected chi connectivity index (χ0v) is 20.2. The van der Waals surface area contributed by atoms with E-state index in [0.717, 1.165) is 18.8 Å². The van der Waals surface area contributed by atoms with Crippen molar-refractivity contribution < 1.29 is 14.7 Å². The molecule has 30 heavy (non-hydrogen) atoms. The first-order chi connectivity index (χ1) is 14.1. The maximum Gasteiger partial charge on any atom is 0.303 e. The first kappa shape index (κ1) is 26.9. The molecule has 0 spiro atoms. The van der Waals surface area contributed by atoms with Gasteiger partial charge in [0.1, 0.15) is 0 Å². The quantitative estimate of drug-likeness (QED) is 0.273. The molecule has 3 N–H and O–H groups in total. The van der Waals surface area contributed by atoms with E-state index in [1.807, 2.05) is 0 Å². The molecule has 1 amide bonds. The fraction of sp³-hybridized carbons (Fsp3) is 0.920. The van der Waals surface area contributed by atoms with E-state index in [0.29, 0.717) is 6.54 Å². The molecule has 1 rings (SSSR count). The number of rotatable bonds is 16. The second-order valence-electron chi connectivity index (χ2n) is 10.7. The van der Waals surface area contributed by atoms with Crippen LogP contribution in [0.1, 0.15) is 124 Å². The van der Waals surface area contributed by atoms with Crippen molar-refractivity contribution in [1.29, 1.82) is 0 Å². The molecule has 5 nitrogen and oxygen atoms in total. The lowest BCUT2D eigenvalue weighted by Crippen LogP contribution is -2.57. The Kier molecular flexibility index (Phi) is 12.6. The minimum atomic E-state index is -0.917. The van der Waals surface area contributed by atoms with Gasteiger partial charge in [0.05, 0.1) is 6.42 Å². The summed E-state index contributed by atoms with van der Waals surface area (Å²) >= 11 is 0. The number of unbranched alkanes of at least 4 members (excludes halogenated alkanes) is 9. The zero-order valence-electron chi connectivity index (χ0n) is 20.2. The van der Waals surface area contributed by atoms with Gasteiger partial charge in [-0.3, -0.25) is 9.59 Å². The van der Waals surface area contributed by atoms with Crippen molar-refractivity contribution in [2.24, 2.45) is 5.92 Å². The monoisotopic (exact) mass is 424 g/mol. The van der Waals surface area contributed by atoms with Crippen LogP contribution >= 0.6 is 0 Å². The minimum Gasteiger partial charge on any atom is -0.481 e. The summed E-state index contributed by atoms with van der Waals surface area (Å²) in [6.45, 7) is 10.1. The van der Waals surface area contributed by atoms with Gasteiger partial charge in [-0.25, -0.2) is 0 Å². The van der Waals surface area contributed by atoms with Crippen LogP contribution in [0.25, 0.3) is 0 Å². The Labute approximate surface area is 185 Å². The van der Waals surface area contributed by atoms with Gasteiger partial charge in [0.15, 0.2) is 0 Å². The van der Waals surface area contributed by atoms with Crippen LogP contribution in [-0.4, -0.2) is 34.6 Å². The van der Waals surface area contributed by atoms with Crippen LogP contribution in [-0.2, 0) is 9.59 Å². The Balaban J connectivity index is 1.87. The van der Waals surface area contributed by atoms with Crippen LogP contribution in [0.5, 0.6) is 0 Å². The Hall–Kier alpha value is -1.10. The molecule has 0 aromatic rings. The first-order valence-electron chi connectivity index (χ1n) is 12.4. The fourth-order valence-electron chi connectivity index (χ4n) is 5.25. The number of hydrogen-bond acceptors (Lipinski definition) is 3. The average Bonchev–Trinajstić information content (AvgIpc) is 2.61. The molecular weight excluding hydrogens is 376 g/mol. The predicted octanol–water partition coefficient (Wildman–Crippen LogP) is 5.82. The van der Waals surface area contributed by atoms with Crippen LogP contribution in [0.2, 0.25) is 0 Å². The normalized spacial score (nSPS) is 18.3. The molecule has 0 saturated carbocycles. The van der Waals surface area contributed by atoms with Gasteiger partial charge < -0.3 is 15.7 Å². The third-order valence-electron chi connectivity index (χ3n) is 6.20. The molecule has 0 atom stereocenters. The number of carbonyl (C=O) groups excluding carboxylic acids is 1. The second kappa shape index (κ2) is 14.1. The predicted molar refractivity (Wildman–Crippen MR) is 125 cm³/mol. The summed E-state index contributed by atoms with van der Waals surface area (Å²) in [5, 5.41) is 15.1. The van der Waals surface area contributed by atoms with Crippen LogP contribution in [0.3, 0.4) is 0 Å². The highest BCUT2D eigenvalue weighted by molar-refractivity contribution is 5.80. The number of hydrogen-bond donors (Lipinski definition) is 3. The van der Waals surface area contributed by atoms with Crippen molar-refractivity contribution in [2.75, 3.05) is 6.54 Å². The Bertz CT molecular complexity index is 487. The molecule has 1 aliphatic heterocycles. The summed E-state index contributed by atoms with van der Waals surface area (Å²) < 4.78 is 0. The molecule has 176 valence electrons. The molecule has 0 unspecified atom stereocenters. The number of aliphatic carboxylic acids is 1. The van der Waals surface area contributed by atoms with Gasteiger partial charge in [0, 0.05) is 24.0 Å². The number of carboxylic acids is 1. The molecule has 1 heterocycles. The van der Waals surface area contributed by atoms with Gasteiger partial charge in [-0.15, -0.1) is 0 Å². The summed E-state index contributed by atoms with van der Waals surface area (Å²) in [6.07, 6.45) is 16.8. The molecule has 0 aliphatic carbocycles.